The molecule has 1 N–H and O–H groups in total. The van der Waals surface area contributed by atoms with E-state index in [2.05, 4.69) is 5.32 Å². The lowest BCUT2D eigenvalue weighted by atomic mass is 10.2. The number of hydrogen-bond donors (Lipinski definition) is 1. The highest BCUT2D eigenvalue weighted by atomic mass is 35.5. The van der Waals surface area contributed by atoms with Crippen LogP contribution in [0, 0.1) is 0 Å². The van der Waals surface area contributed by atoms with Gasteiger partial charge in [0.25, 0.3) is 5.91 Å². The van der Waals surface area contributed by atoms with E-state index in [9.17, 15) is 9.59 Å². The number of carbonyl (C=O) groups excluding carboxylic acids is 2. The maximum absolute atomic E-state index is 13.0. The highest BCUT2D eigenvalue weighted by Crippen LogP contribution is 2.57. The summed E-state index contributed by atoms with van der Waals surface area (Å²) in [7, 11) is 1.59. The van der Waals surface area contributed by atoms with E-state index in [4.69, 9.17) is 32.7 Å². The largest absolute Gasteiger partial charge is 0.487 e. The normalized spacial score (nSPS) is 16.3. The molecule has 3 aromatic carbocycles. The third-order valence-corrected chi connectivity index (χ3v) is 7.07. The molecule has 36 heavy (non-hydrogen) atoms. The number of alkyl halides is 1. The van der Waals surface area contributed by atoms with Crippen molar-refractivity contribution in [2.24, 2.45) is 0 Å². The number of amides is 2. The summed E-state index contributed by atoms with van der Waals surface area (Å²) in [6.45, 7) is 1.92. The fourth-order valence-electron chi connectivity index (χ4n) is 3.69. The van der Waals surface area contributed by atoms with Gasteiger partial charge >= 0.3 is 6.09 Å². The number of benzene rings is 3. The standard InChI is InChI=1S/C26H25Cl2N3O4S/c1-26(28)31(30(2)23(32)15-29-25(33)35-17-19-11-7-4-8-12-19)24-21(13-20(27)14-22(24)36-26)34-16-18-9-5-3-6-10-18/h3-14H,15-17H2,1-2H3,(H,29,33). The Kier molecular flexibility index (Phi) is 8.18. The number of nitrogens with zero attached hydrogens (tertiary/aromatic N) is 2. The van der Waals surface area contributed by atoms with Crippen LogP contribution in [0.1, 0.15) is 18.1 Å². The first-order valence-electron chi connectivity index (χ1n) is 11.1. The van der Waals surface area contributed by atoms with Crippen molar-refractivity contribution >= 4 is 52.7 Å². The van der Waals surface area contributed by atoms with Gasteiger partial charge in [-0.25, -0.2) is 9.80 Å². The number of fused-ring (bicyclic) bond motifs is 1. The lowest BCUT2D eigenvalue weighted by Gasteiger charge is -2.38. The molecule has 1 aliphatic heterocycles. The van der Waals surface area contributed by atoms with Gasteiger partial charge in [0.15, 0.2) is 4.33 Å². The smallest absolute Gasteiger partial charge is 0.407 e. The van der Waals surface area contributed by atoms with Crippen LogP contribution in [-0.4, -0.2) is 34.9 Å². The second kappa shape index (κ2) is 11.3. The average molecular weight is 546 g/mol. The number of hydrazine groups is 1. The van der Waals surface area contributed by atoms with Crippen molar-refractivity contribution in [3.63, 3.8) is 0 Å². The summed E-state index contributed by atoms with van der Waals surface area (Å²) in [5.41, 5.74) is 2.46. The summed E-state index contributed by atoms with van der Waals surface area (Å²) in [6, 6.07) is 22.5. The molecule has 1 atom stereocenters. The number of anilines is 1. The second-order valence-corrected chi connectivity index (χ2v) is 11.0. The number of ether oxygens (including phenoxy) is 2. The molecular formula is C26H25Cl2N3O4S. The van der Waals surface area contributed by atoms with E-state index in [1.165, 1.54) is 16.8 Å². The molecule has 188 valence electrons. The van der Waals surface area contributed by atoms with E-state index < -0.39 is 16.3 Å². The van der Waals surface area contributed by atoms with Gasteiger partial charge in [-0.2, -0.15) is 0 Å². The lowest BCUT2D eigenvalue weighted by molar-refractivity contribution is -0.129. The highest BCUT2D eigenvalue weighted by Gasteiger charge is 2.45. The van der Waals surface area contributed by atoms with E-state index in [0.717, 1.165) is 16.0 Å². The summed E-state index contributed by atoms with van der Waals surface area (Å²) >= 11 is 14.5. The minimum absolute atomic E-state index is 0.107. The molecule has 0 saturated carbocycles. The Morgan fingerprint density at radius 3 is 2.28 bits per heavy atom. The predicted molar refractivity (Wildman–Crippen MR) is 142 cm³/mol. The van der Waals surface area contributed by atoms with E-state index in [-0.39, 0.29) is 13.2 Å². The minimum Gasteiger partial charge on any atom is -0.487 e. The molecular weight excluding hydrogens is 521 g/mol. The fourth-order valence-corrected chi connectivity index (χ4v) is 5.58. The van der Waals surface area contributed by atoms with Gasteiger partial charge in [-0.1, -0.05) is 95.6 Å². The molecule has 3 aromatic rings. The molecule has 4 rings (SSSR count). The first-order valence-corrected chi connectivity index (χ1v) is 12.7. The molecule has 2 amide bonds. The quantitative estimate of drug-likeness (QED) is 0.274. The molecule has 7 nitrogen and oxygen atoms in total. The molecule has 0 spiro atoms. The fraction of sp³-hybridized carbons (Fsp3) is 0.231. The van der Waals surface area contributed by atoms with Gasteiger partial charge < -0.3 is 14.8 Å². The number of likely N-dealkylation sites (N-methyl/N-ethyl adjacent to an activating group) is 1. The molecule has 0 aliphatic carbocycles. The van der Waals surface area contributed by atoms with Crippen molar-refractivity contribution in [3.8, 4) is 5.75 Å². The maximum atomic E-state index is 13.0. The molecule has 0 bridgehead atoms. The van der Waals surface area contributed by atoms with Gasteiger partial charge in [-0.3, -0.25) is 9.80 Å². The van der Waals surface area contributed by atoms with Gasteiger partial charge in [0.05, 0.1) is 0 Å². The Morgan fingerprint density at radius 2 is 1.64 bits per heavy atom. The molecule has 1 unspecified atom stereocenters. The van der Waals surface area contributed by atoms with Crippen LogP contribution in [-0.2, 0) is 22.7 Å². The van der Waals surface area contributed by atoms with Crippen LogP contribution in [0.5, 0.6) is 5.75 Å². The number of carbonyl (C=O) groups is 2. The number of rotatable bonds is 8. The van der Waals surface area contributed by atoms with Crippen LogP contribution in [0.3, 0.4) is 0 Å². The molecule has 0 aromatic heterocycles. The number of nitrogens with one attached hydrogen (secondary N) is 1. The van der Waals surface area contributed by atoms with Crippen molar-refractivity contribution < 1.29 is 19.1 Å². The number of alkyl carbamates (subject to hydrolysis) is 1. The van der Waals surface area contributed by atoms with Crippen LogP contribution in [0.15, 0.2) is 77.7 Å². The first kappa shape index (κ1) is 26.0. The van der Waals surface area contributed by atoms with Gasteiger partial charge in [0.2, 0.25) is 0 Å². The summed E-state index contributed by atoms with van der Waals surface area (Å²) in [6.07, 6.45) is -0.691. The number of thioether (sulfide) groups is 1. The van der Waals surface area contributed by atoms with E-state index in [0.29, 0.717) is 23.1 Å². The van der Waals surface area contributed by atoms with Crippen molar-refractivity contribution in [1.82, 2.24) is 10.3 Å². The third kappa shape index (κ3) is 6.19. The minimum atomic E-state index is -1.03. The summed E-state index contributed by atoms with van der Waals surface area (Å²) < 4.78 is 10.3. The van der Waals surface area contributed by atoms with Crippen LogP contribution in [0.4, 0.5) is 10.5 Å². The van der Waals surface area contributed by atoms with Gasteiger partial charge in [0, 0.05) is 23.0 Å². The van der Waals surface area contributed by atoms with Crippen molar-refractivity contribution in [1.29, 1.82) is 0 Å². The number of hydrogen-bond acceptors (Lipinski definition) is 6. The predicted octanol–water partition coefficient (Wildman–Crippen LogP) is 6.04. The van der Waals surface area contributed by atoms with Crippen LogP contribution in [0.25, 0.3) is 0 Å². The number of halogens is 2. The summed E-state index contributed by atoms with van der Waals surface area (Å²) in [4.78, 5) is 25.9. The maximum Gasteiger partial charge on any atom is 0.407 e. The lowest BCUT2D eigenvalue weighted by Crippen LogP contribution is -2.53. The SMILES string of the molecule is CN(C(=O)CNC(=O)OCc1ccccc1)N1c2c(OCc3ccccc3)cc(Cl)cc2SC1(C)Cl. The van der Waals surface area contributed by atoms with Crippen LogP contribution >= 0.6 is 35.0 Å². The zero-order valence-corrected chi connectivity index (χ0v) is 22.1. The summed E-state index contributed by atoms with van der Waals surface area (Å²) in [5, 5.41) is 6.00. The molecule has 0 saturated heterocycles. The van der Waals surface area contributed by atoms with Crippen LogP contribution in [0.2, 0.25) is 5.02 Å². The average Bonchev–Trinajstić information content (AvgIpc) is 3.14. The van der Waals surface area contributed by atoms with Crippen molar-refractivity contribution in [2.45, 2.75) is 29.4 Å². The Morgan fingerprint density at radius 1 is 1.03 bits per heavy atom. The third-order valence-electron chi connectivity index (χ3n) is 5.39. The van der Waals surface area contributed by atoms with Crippen molar-refractivity contribution in [2.75, 3.05) is 18.6 Å². The Labute approximate surface area is 224 Å². The molecule has 0 fully saturated rings. The zero-order chi connectivity index (χ0) is 25.7. The van der Waals surface area contributed by atoms with E-state index >= 15 is 0 Å². The van der Waals surface area contributed by atoms with Gasteiger partial charge in [0.1, 0.15) is 31.2 Å². The monoisotopic (exact) mass is 545 g/mol. The second-order valence-electron chi connectivity index (χ2n) is 8.14. The van der Waals surface area contributed by atoms with Gasteiger partial charge in [-0.15, -0.1) is 0 Å². The summed E-state index contributed by atoms with van der Waals surface area (Å²) in [5.74, 6) is 0.101. The Balaban J connectivity index is 1.45. The molecule has 10 heteroatoms. The Hall–Kier alpha value is -3.07. The first-order chi connectivity index (χ1) is 17.2. The van der Waals surface area contributed by atoms with E-state index in [1.54, 1.807) is 31.1 Å². The van der Waals surface area contributed by atoms with E-state index in [1.807, 2.05) is 60.7 Å². The van der Waals surface area contributed by atoms with Crippen molar-refractivity contribution in [3.05, 3.63) is 88.9 Å². The highest BCUT2D eigenvalue weighted by molar-refractivity contribution is 8.02. The molecule has 0 radical (unpaired) electrons. The van der Waals surface area contributed by atoms with Crippen LogP contribution < -0.4 is 15.1 Å². The molecule has 1 aliphatic rings. The Bertz CT molecular complexity index is 1230. The molecule has 1 heterocycles. The zero-order valence-electron chi connectivity index (χ0n) is 19.7. The topological polar surface area (TPSA) is 71.1 Å². The van der Waals surface area contributed by atoms with Gasteiger partial charge in [-0.05, 0) is 24.1 Å².